The number of hydrogen-bond acceptors (Lipinski definition) is 3. The molecule has 0 fully saturated rings. The van der Waals surface area contributed by atoms with Gasteiger partial charge in [0.15, 0.2) is 0 Å². The summed E-state index contributed by atoms with van der Waals surface area (Å²) >= 11 is 0. The quantitative estimate of drug-likeness (QED) is 0.758. The van der Waals surface area contributed by atoms with Crippen molar-refractivity contribution in [1.82, 2.24) is 5.32 Å². The molecule has 1 aromatic carbocycles. The van der Waals surface area contributed by atoms with E-state index in [2.05, 4.69) is 55.3 Å². The number of aliphatic hydroxyl groups excluding tert-OH is 1. The summed E-state index contributed by atoms with van der Waals surface area (Å²) in [7, 11) is 1.98. The van der Waals surface area contributed by atoms with Gasteiger partial charge in [-0.1, -0.05) is 32.0 Å². The molecular formula is C16H28N2O. The molecule has 108 valence electrons. The molecule has 0 aliphatic heterocycles. The number of nitrogens with one attached hydrogen (secondary N) is 1. The third-order valence-electron chi connectivity index (χ3n) is 3.87. The first-order valence-corrected chi connectivity index (χ1v) is 7.33. The Labute approximate surface area is 117 Å². The Morgan fingerprint density at radius 1 is 1.21 bits per heavy atom. The zero-order valence-corrected chi connectivity index (χ0v) is 12.7. The summed E-state index contributed by atoms with van der Waals surface area (Å²) in [6.45, 7) is 7.48. The lowest BCUT2D eigenvalue weighted by Gasteiger charge is -2.34. The van der Waals surface area contributed by atoms with Crippen LogP contribution < -0.4 is 10.2 Å². The summed E-state index contributed by atoms with van der Waals surface area (Å²) in [5.41, 5.74) is 2.54. The van der Waals surface area contributed by atoms with E-state index in [0.717, 1.165) is 12.8 Å². The highest BCUT2D eigenvalue weighted by atomic mass is 16.3. The van der Waals surface area contributed by atoms with Crippen molar-refractivity contribution in [2.45, 2.75) is 45.7 Å². The van der Waals surface area contributed by atoms with Crippen molar-refractivity contribution in [2.24, 2.45) is 0 Å². The van der Waals surface area contributed by atoms with E-state index in [0.29, 0.717) is 18.6 Å². The summed E-state index contributed by atoms with van der Waals surface area (Å²) in [6.07, 6.45) is 2.19. The molecule has 19 heavy (non-hydrogen) atoms. The second-order valence-corrected chi connectivity index (χ2v) is 4.96. The van der Waals surface area contributed by atoms with Crippen molar-refractivity contribution >= 4 is 5.69 Å². The van der Waals surface area contributed by atoms with Crippen molar-refractivity contribution in [2.75, 3.05) is 25.1 Å². The van der Waals surface area contributed by atoms with Gasteiger partial charge in [0.05, 0.1) is 6.61 Å². The van der Waals surface area contributed by atoms with Crippen molar-refractivity contribution < 1.29 is 5.11 Å². The van der Waals surface area contributed by atoms with Gasteiger partial charge in [-0.15, -0.1) is 0 Å². The summed E-state index contributed by atoms with van der Waals surface area (Å²) < 4.78 is 0. The Bertz CT molecular complexity index is 364. The van der Waals surface area contributed by atoms with Gasteiger partial charge in [0.1, 0.15) is 0 Å². The third kappa shape index (κ3) is 3.95. The van der Waals surface area contributed by atoms with Crippen molar-refractivity contribution in [3.8, 4) is 0 Å². The fourth-order valence-electron chi connectivity index (χ4n) is 2.61. The van der Waals surface area contributed by atoms with E-state index in [9.17, 15) is 5.11 Å². The Morgan fingerprint density at radius 3 is 2.37 bits per heavy atom. The zero-order valence-electron chi connectivity index (χ0n) is 12.7. The smallest absolute Gasteiger partial charge is 0.0606 e. The topological polar surface area (TPSA) is 35.5 Å². The van der Waals surface area contributed by atoms with Gasteiger partial charge in [-0.2, -0.15) is 0 Å². The summed E-state index contributed by atoms with van der Waals surface area (Å²) in [4.78, 5) is 2.35. The van der Waals surface area contributed by atoms with E-state index in [1.807, 2.05) is 7.05 Å². The second kappa shape index (κ2) is 8.18. The molecule has 0 saturated carbocycles. The molecule has 3 nitrogen and oxygen atoms in total. The maximum atomic E-state index is 9.37. The minimum absolute atomic E-state index is 0.193. The molecule has 1 atom stereocenters. The second-order valence-electron chi connectivity index (χ2n) is 4.96. The van der Waals surface area contributed by atoms with Crippen LogP contribution in [0.2, 0.25) is 0 Å². The number of anilines is 1. The van der Waals surface area contributed by atoms with Gasteiger partial charge in [-0.05, 0) is 38.4 Å². The Hall–Kier alpha value is -1.06. The molecule has 1 rings (SSSR count). The standard InChI is InChI=1S/C16H28N2O/c1-5-14(6-2)18(11-12-19)16-10-8-7-9-15(16)13(3)17-4/h7-10,13-14,17,19H,5-6,11-12H2,1-4H3. The van der Waals surface area contributed by atoms with E-state index in [-0.39, 0.29) is 6.61 Å². The molecule has 0 spiro atoms. The average Bonchev–Trinajstić information content (AvgIpc) is 2.46. The van der Waals surface area contributed by atoms with Crippen LogP contribution in [0.4, 0.5) is 5.69 Å². The first-order chi connectivity index (χ1) is 9.19. The number of benzene rings is 1. The van der Waals surface area contributed by atoms with E-state index in [4.69, 9.17) is 0 Å². The van der Waals surface area contributed by atoms with E-state index >= 15 is 0 Å². The minimum Gasteiger partial charge on any atom is -0.395 e. The first kappa shape index (κ1) is 16.0. The predicted octanol–water partition coefficient (Wildman–Crippen LogP) is 2.95. The highest BCUT2D eigenvalue weighted by molar-refractivity contribution is 5.55. The molecule has 0 bridgehead atoms. The maximum absolute atomic E-state index is 9.37. The molecular weight excluding hydrogens is 236 g/mol. The number of nitrogens with zero attached hydrogens (tertiary/aromatic N) is 1. The summed E-state index contributed by atoms with van der Waals surface area (Å²) in [6, 6.07) is 9.29. The molecule has 1 aromatic rings. The largest absolute Gasteiger partial charge is 0.395 e. The minimum atomic E-state index is 0.193. The molecule has 0 saturated heterocycles. The van der Waals surface area contributed by atoms with E-state index in [1.54, 1.807) is 0 Å². The Balaban J connectivity index is 3.14. The maximum Gasteiger partial charge on any atom is 0.0606 e. The molecule has 0 radical (unpaired) electrons. The molecule has 0 aromatic heterocycles. The van der Waals surface area contributed by atoms with Gasteiger partial charge in [0.2, 0.25) is 0 Å². The van der Waals surface area contributed by atoms with Crippen LogP contribution in [0, 0.1) is 0 Å². The number of aliphatic hydroxyl groups is 1. The lowest BCUT2D eigenvalue weighted by Crippen LogP contribution is -2.38. The number of hydrogen-bond donors (Lipinski definition) is 2. The van der Waals surface area contributed by atoms with Gasteiger partial charge in [0, 0.05) is 24.3 Å². The van der Waals surface area contributed by atoms with Gasteiger partial charge in [-0.3, -0.25) is 0 Å². The van der Waals surface area contributed by atoms with Crippen LogP contribution in [0.5, 0.6) is 0 Å². The van der Waals surface area contributed by atoms with Crippen LogP contribution in [0.1, 0.15) is 45.2 Å². The normalized spacial score (nSPS) is 12.7. The average molecular weight is 264 g/mol. The molecule has 0 heterocycles. The van der Waals surface area contributed by atoms with Crippen molar-refractivity contribution in [1.29, 1.82) is 0 Å². The highest BCUT2D eigenvalue weighted by Gasteiger charge is 2.19. The fourth-order valence-corrected chi connectivity index (χ4v) is 2.61. The molecule has 0 amide bonds. The zero-order chi connectivity index (χ0) is 14.3. The number of rotatable bonds is 8. The third-order valence-corrected chi connectivity index (χ3v) is 3.87. The van der Waals surface area contributed by atoms with Crippen LogP contribution >= 0.6 is 0 Å². The number of para-hydroxylation sites is 1. The molecule has 1 unspecified atom stereocenters. The summed E-state index contributed by atoms with van der Waals surface area (Å²) in [5, 5.41) is 12.7. The van der Waals surface area contributed by atoms with E-state index in [1.165, 1.54) is 11.3 Å². The van der Waals surface area contributed by atoms with Crippen LogP contribution in [-0.4, -0.2) is 31.3 Å². The molecule has 2 N–H and O–H groups in total. The lowest BCUT2D eigenvalue weighted by atomic mass is 10.0. The van der Waals surface area contributed by atoms with E-state index < -0.39 is 0 Å². The Kier molecular flexibility index (Phi) is 6.89. The highest BCUT2D eigenvalue weighted by Crippen LogP contribution is 2.28. The molecule has 3 heteroatoms. The first-order valence-electron chi connectivity index (χ1n) is 7.33. The van der Waals surface area contributed by atoms with Crippen molar-refractivity contribution in [3.63, 3.8) is 0 Å². The van der Waals surface area contributed by atoms with Gasteiger partial charge >= 0.3 is 0 Å². The van der Waals surface area contributed by atoms with Gasteiger partial charge in [0.25, 0.3) is 0 Å². The predicted molar refractivity (Wildman–Crippen MR) is 82.7 cm³/mol. The SMILES string of the molecule is CCC(CC)N(CCO)c1ccccc1C(C)NC. The lowest BCUT2D eigenvalue weighted by molar-refractivity contribution is 0.295. The molecule has 0 aliphatic carbocycles. The van der Waals surface area contributed by atoms with Crippen LogP contribution in [0.15, 0.2) is 24.3 Å². The van der Waals surface area contributed by atoms with Crippen LogP contribution in [0.3, 0.4) is 0 Å². The summed E-state index contributed by atoms with van der Waals surface area (Å²) in [5.74, 6) is 0. The van der Waals surface area contributed by atoms with Crippen LogP contribution in [0.25, 0.3) is 0 Å². The monoisotopic (exact) mass is 264 g/mol. The Morgan fingerprint density at radius 2 is 1.84 bits per heavy atom. The van der Waals surface area contributed by atoms with Crippen molar-refractivity contribution in [3.05, 3.63) is 29.8 Å². The van der Waals surface area contributed by atoms with Gasteiger partial charge in [-0.25, -0.2) is 0 Å². The van der Waals surface area contributed by atoms with Gasteiger partial charge < -0.3 is 15.3 Å². The fraction of sp³-hybridized carbons (Fsp3) is 0.625. The van der Waals surface area contributed by atoms with Crippen LogP contribution in [-0.2, 0) is 0 Å². The molecule has 0 aliphatic rings.